The zero-order valence-electron chi connectivity index (χ0n) is 19.1. The molecular formula is C26H24N4O3S. The lowest BCUT2D eigenvalue weighted by molar-refractivity contribution is 0.202. The number of nitrogens with zero attached hydrogens (tertiary/aromatic N) is 3. The minimum atomic E-state index is -0.418. The van der Waals surface area contributed by atoms with E-state index < -0.39 is 6.04 Å². The summed E-state index contributed by atoms with van der Waals surface area (Å²) >= 11 is 1.55. The molecule has 1 unspecified atom stereocenters. The molecule has 5 rings (SSSR count). The highest BCUT2D eigenvalue weighted by atomic mass is 32.1. The van der Waals surface area contributed by atoms with Crippen LogP contribution in [0.15, 0.2) is 76.3 Å². The van der Waals surface area contributed by atoms with Gasteiger partial charge < -0.3 is 14.6 Å². The number of carbonyl (C=O) groups is 1. The summed E-state index contributed by atoms with van der Waals surface area (Å²) in [5, 5.41) is 9.32. The van der Waals surface area contributed by atoms with Crippen molar-refractivity contribution in [1.29, 1.82) is 0 Å². The van der Waals surface area contributed by atoms with Crippen molar-refractivity contribution in [3.8, 4) is 16.5 Å². The molecule has 7 nitrogen and oxygen atoms in total. The van der Waals surface area contributed by atoms with E-state index in [1.165, 1.54) is 0 Å². The van der Waals surface area contributed by atoms with Crippen LogP contribution in [-0.4, -0.2) is 28.2 Å². The van der Waals surface area contributed by atoms with Gasteiger partial charge in [-0.05, 0) is 36.9 Å². The number of nitrogens with one attached hydrogen (secondary N) is 1. The fourth-order valence-electron chi connectivity index (χ4n) is 4.10. The van der Waals surface area contributed by atoms with Gasteiger partial charge in [-0.1, -0.05) is 59.3 Å². The maximum atomic E-state index is 13.3. The lowest BCUT2D eigenvalue weighted by Gasteiger charge is -2.35. The molecule has 1 N–H and O–H groups in total. The molecule has 0 saturated heterocycles. The van der Waals surface area contributed by atoms with Crippen LogP contribution in [0.25, 0.3) is 16.3 Å². The standard InChI is InChI=1S/C26H24N4O3S/c1-16-10-12-18(13-11-16)23-22(25-28-24(29-33-25)21-9-6-14-34-21)17(2)30(26(31)27-23)15-19-7-4-5-8-20(19)32-3/h4-14,23H,15H2,1-3H3,(H,27,31). The molecule has 1 atom stereocenters. The third-order valence-electron chi connectivity index (χ3n) is 5.93. The molecule has 2 aromatic heterocycles. The summed E-state index contributed by atoms with van der Waals surface area (Å²) in [5.74, 6) is 1.64. The van der Waals surface area contributed by atoms with Crippen LogP contribution in [-0.2, 0) is 6.54 Å². The van der Waals surface area contributed by atoms with Gasteiger partial charge in [-0.3, -0.25) is 4.90 Å². The molecule has 0 aliphatic carbocycles. The van der Waals surface area contributed by atoms with Gasteiger partial charge in [-0.25, -0.2) is 4.79 Å². The Kier molecular flexibility index (Phi) is 5.90. The molecule has 1 aliphatic rings. The van der Waals surface area contributed by atoms with Crippen LogP contribution in [0.4, 0.5) is 4.79 Å². The predicted molar refractivity (Wildman–Crippen MR) is 131 cm³/mol. The zero-order chi connectivity index (χ0) is 23.7. The van der Waals surface area contributed by atoms with Crippen molar-refractivity contribution in [3.63, 3.8) is 0 Å². The lowest BCUT2D eigenvalue weighted by Crippen LogP contribution is -2.45. The Hall–Kier alpha value is -3.91. The average Bonchev–Trinajstić information content (AvgIpc) is 3.54. The number of para-hydroxylation sites is 1. The van der Waals surface area contributed by atoms with Crippen LogP contribution >= 0.6 is 11.3 Å². The predicted octanol–water partition coefficient (Wildman–Crippen LogP) is 5.81. The molecule has 4 aromatic rings. The Labute approximate surface area is 201 Å². The van der Waals surface area contributed by atoms with Crippen molar-refractivity contribution in [3.05, 3.63) is 94.3 Å². The van der Waals surface area contributed by atoms with Crippen LogP contribution in [0.2, 0.25) is 0 Å². The summed E-state index contributed by atoms with van der Waals surface area (Å²) < 4.78 is 11.2. The van der Waals surface area contributed by atoms with E-state index in [0.29, 0.717) is 18.3 Å². The smallest absolute Gasteiger partial charge is 0.322 e. The number of methoxy groups -OCH3 is 1. The van der Waals surface area contributed by atoms with Gasteiger partial charge in [0.05, 0.1) is 30.1 Å². The second kappa shape index (κ2) is 9.15. The molecule has 0 fully saturated rings. The molecule has 8 heteroatoms. The van der Waals surface area contributed by atoms with Crippen molar-refractivity contribution in [2.24, 2.45) is 0 Å². The van der Waals surface area contributed by atoms with Gasteiger partial charge in [-0.15, -0.1) is 11.3 Å². The van der Waals surface area contributed by atoms with Crippen molar-refractivity contribution >= 4 is 22.9 Å². The Morgan fingerprint density at radius 1 is 1.09 bits per heavy atom. The number of carbonyl (C=O) groups excluding carboxylic acids is 1. The molecule has 34 heavy (non-hydrogen) atoms. The number of thiophene rings is 1. The highest BCUT2D eigenvalue weighted by Gasteiger charge is 2.36. The Balaban J connectivity index is 1.60. The highest BCUT2D eigenvalue weighted by molar-refractivity contribution is 7.13. The van der Waals surface area contributed by atoms with Crippen LogP contribution in [0, 0.1) is 6.92 Å². The van der Waals surface area contributed by atoms with Crippen molar-refractivity contribution < 1.29 is 14.1 Å². The molecular weight excluding hydrogens is 448 g/mol. The zero-order valence-corrected chi connectivity index (χ0v) is 19.9. The highest BCUT2D eigenvalue weighted by Crippen LogP contribution is 2.38. The first-order valence-electron chi connectivity index (χ1n) is 10.9. The van der Waals surface area contributed by atoms with Crippen molar-refractivity contribution in [2.75, 3.05) is 7.11 Å². The number of ether oxygens (including phenoxy) is 1. The SMILES string of the molecule is COc1ccccc1CN1C(=O)NC(c2ccc(C)cc2)C(c2nc(-c3cccs3)no2)=C1C. The van der Waals surface area contributed by atoms with E-state index in [2.05, 4.69) is 10.5 Å². The van der Waals surface area contributed by atoms with Gasteiger partial charge in [-0.2, -0.15) is 4.98 Å². The van der Waals surface area contributed by atoms with E-state index in [4.69, 9.17) is 14.2 Å². The molecule has 2 aromatic carbocycles. The van der Waals surface area contributed by atoms with E-state index in [-0.39, 0.29) is 6.03 Å². The van der Waals surface area contributed by atoms with E-state index in [0.717, 1.165) is 38.6 Å². The van der Waals surface area contributed by atoms with Gasteiger partial charge in [0.25, 0.3) is 5.89 Å². The molecule has 0 spiro atoms. The minimum Gasteiger partial charge on any atom is -0.496 e. The number of rotatable bonds is 6. The molecule has 172 valence electrons. The summed E-state index contributed by atoms with van der Waals surface area (Å²) in [6.45, 7) is 4.29. The molecule has 1 aliphatic heterocycles. The monoisotopic (exact) mass is 472 g/mol. The third kappa shape index (κ3) is 4.08. The first-order valence-corrected chi connectivity index (χ1v) is 11.8. The quantitative estimate of drug-likeness (QED) is 0.383. The topological polar surface area (TPSA) is 80.5 Å². The van der Waals surface area contributed by atoms with Crippen LogP contribution in [0.3, 0.4) is 0 Å². The second-order valence-corrected chi connectivity index (χ2v) is 9.04. The summed E-state index contributed by atoms with van der Waals surface area (Å²) in [7, 11) is 1.63. The van der Waals surface area contributed by atoms with Gasteiger partial charge in [0.2, 0.25) is 5.82 Å². The van der Waals surface area contributed by atoms with Crippen molar-refractivity contribution in [1.82, 2.24) is 20.4 Å². The average molecular weight is 473 g/mol. The fourth-order valence-corrected chi connectivity index (χ4v) is 4.75. The van der Waals surface area contributed by atoms with Crippen LogP contribution in [0.1, 0.15) is 35.5 Å². The molecule has 2 amide bonds. The maximum Gasteiger partial charge on any atom is 0.322 e. The molecule has 0 bridgehead atoms. The Morgan fingerprint density at radius 2 is 1.88 bits per heavy atom. The number of allylic oxidation sites excluding steroid dienone is 1. The number of hydrogen-bond donors (Lipinski definition) is 1. The van der Waals surface area contributed by atoms with E-state index >= 15 is 0 Å². The van der Waals surface area contributed by atoms with Crippen LogP contribution < -0.4 is 10.1 Å². The molecule has 0 saturated carbocycles. The van der Waals surface area contributed by atoms with Gasteiger partial charge in [0, 0.05) is 11.3 Å². The Bertz CT molecular complexity index is 1340. The number of aromatic nitrogens is 2. The van der Waals surface area contributed by atoms with E-state index in [9.17, 15) is 4.79 Å². The van der Waals surface area contributed by atoms with Gasteiger partial charge in [0.15, 0.2) is 0 Å². The summed E-state index contributed by atoms with van der Waals surface area (Å²) in [4.78, 5) is 20.6. The van der Waals surface area contributed by atoms with Crippen LogP contribution in [0.5, 0.6) is 5.75 Å². The van der Waals surface area contributed by atoms with Crippen molar-refractivity contribution in [2.45, 2.75) is 26.4 Å². The first-order chi connectivity index (χ1) is 16.5. The number of hydrogen-bond acceptors (Lipinski definition) is 6. The summed E-state index contributed by atoms with van der Waals surface area (Å²) in [6.07, 6.45) is 0. The fraction of sp³-hybridized carbons (Fsp3) is 0.192. The number of amides is 2. The second-order valence-electron chi connectivity index (χ2n) is 8.09. The minimum absolute atomic E-state index is 0.198. The number of benzene rings is 2. The first kappa shape index (κ1) is 21.9. The molecule has 0 radical (unpaired) electrons. The Morgan fingerprint density at radius 3 is 2.62 bits per heavy atom. The normalized spacial score (nSPS) is 16.0. The number of aryl methyl sites for hydroxylation is 1. The molecule has 3 heterocycles. The van der Waals surface area contributed by atoms with Gasteiger partial charge >= 0.3 is 6.03 Å². The van der Waals surface area contributed by atoms with E-state index in [1.807, 2.05) is 79.9 Å². The largest absolute Gasteiger partial charge is 0.496 e. The number of urea groups is 1. The third-order valence-corrected chi connectivity index (χ3v) is 6.79. The lowest BCUT2D eigenvalue weighted by atomic mass is 9.94. The van der Waals surface area contributed by atoms with Gasteiger partial charge in [0.1, 0.15) is 5.75 Å². The van der Waals surface area contributed by atoms with E-state index in [1.54, 1.807) is 23.3 Å². The summed E-state index contributed by atoms with van der Waals surface area (Å²) in [6, 6.07) is 19.0. The maximum absolute atomic E-state index is 13.3. The summed E-state index contributed by atoms with van der Waals surface area (Å²) in [5.41, 5.74) is 4.51.